The van der Waals surface area contributed by atoms with Gasteiger partial charge in [0.15, 0.2) is 11.5 Å². The van der Waals surface area contributed by atoms with E-state index in [1.165, 1.54) is 5.56 Å². The second-order valence-electron chi connectivity index (χ2n) is 7.29. The number of carbonyl (C=O) groups excluding carboxylic acids is 1. The van der Waals surface area contributed by atoms with Gasteiger partial charge in [0.2, 0.25) is 0 Å². The molecule has 2 aromatic carbocycles. The van der Waals surface area contributed by atoms with Gasteiger partial charge in [0.1, 0.15) is 5.75 Å². The molecule has 1 N–H and O–H groups in total. The van der Waals surface area contributed by atoms with Crippen molar-refractivity contribution >= 4 is 37.8 Å². The lowest BCUT2D eigenvalue weighted by Crippen LogP contribution is -2.39. The van der Waals surface area contributed by atoms with Gasteiger partial charge in [0, 0.05) is 24.7 Å². The number of amides is 1. The quantitative estimate of drug-likeness (QED) is 0.482. The molecule has 2 heterocycles. The van der Waals surface area contributed by atoms with Crippen molar-refractivity contribution < 1.29 is 14.4 Å². The van der Waals surface area contributed by atoms with Crippen LogP contribution in [0.2, 0.25) is 0 Å². The van der Waals surface area contributed by atoms with Gasteiger partial charge in [-0.15, -0.1) is 0 Å². The first-order valence-corrected chi connectivity index (χ1v) is 11.1. The molecule has 0 unspecified atom stereocenters. The van der Waals surface area contributed by atoms with E-state index in [1.807, 2.05) is 11.0 Å². The molecule has 5 nitrogen and oxygen atoms in total. The number of benzene rings is 2. The third-order valence-electron chi connectivity index (χ3n) is 5.30. The smallest absolute Gasteiger partial charge is 0.276 e. The van der Waals surface area contributed by atoms with Gasteiger partial charge in [0.25, 0.3) is 5.91 Å². The van der Waals surface area contributed by atoms with Gasteiger partial charge in [-0.1, -0.05) is 35.5 Å². The van der Waals surface area contributed by atoms with E-state index < -0.39 is 0 Å². The van der Waals surface area contributed by atoms with Crippen LogP contribution in [0.25, 0.3) is 11.3 Å². The monoisotopic (exact) mass is 518 g/mol. The first kappa shape index (κ1) is 20.2. The Morgan fingerprint density at radius 2 is 1.76 bits per heavy atom. The Labute approximate surface area is 186 Å². The predicted molar refractivity (Wildman–Crippen MR) is 118 cm³/mol. The van der Waals surface area contributed by atoms with E-state index in [2.05, 4.69) is 61.3 Å². The van der Waals surface area contributed by atoms with Gasteiger partial charge in [-0.25, -0.2) is 0 Å². The lowest BCUT2D eigenvalue weighted by atomic mass is 9.90. The van der Waals surface area contributed by atoms with Crippen LogP contribution in [0.1, 0.15) is 28.9 Å². The maximum atomic E-state index is 12.8. The summed E-state index contributed by atoms with van der Waals surface area (Å²) in [4.78, 5) is 14.7. The molecule has 4 rings (SSSR count). The van der Waals surface area contributed by atoms with Gasteiger partial charge in [-0.05, 0) is 74.7 Å². The molecule has 150 valence electrons. The van der Waals surface area contributed by atoms with E-state index >= 15 is 0 Å². The normalized spacial score (nSPS) is 14.9. The summed E-state index contributed by atoms with van der Waals surface area (Å²) in [5.74, 6) is 1.09. The highest BCUT2D eigenvalue weighted by molar-refractivity contribution is 9.11. The number of aromatic nitrogens is 1. The molecule has 7 heteroatoms. The first-order valence-electron chi connectivity index (χ1n) is 9.49. The summed E-state index contributed by atoms with van der Waals surface area (Å²) in [6.45, 7) is 1.46. The summed E-state index contributed by atoms with van der Waals surface area (Å²) in [5.41, 5.74) is 2.38. The minimum atomic E-state index is -0.102. The zero-order chi connectivity index (χ0) is 20.4. The van der Waals surface area contributed by atoms with Gasteiger partial charge in [0.05, 0.1) is 8.95 Å². The van der Waals surface area contributed by atoms with Gasteiger partial charge in [-0.2, -0.15) is 0 Å². The van der Waals surface area contributed by atoms with Crippen molar-refractivity contribution in [1.82, 2.24) is 10.1 Å². The van der Waals surface area contributed by atoms with E-state index in [1.54, 1.807) is 18.2 Å². The Kier molecular flexibility index (Phi) is 6.06. The number of likely N-dealkylation sites (tertiary alicyclic amines) is 1. The third kappa shape index (κ3) is 4.56. The van der Waals surface area contributed by atoms with Gasteiger partial charge >= 0.3 is 0 Å². The van der Waals surface area contributed by atoms with Crippen LogP contribution < -0.4 is 0 Å². The molecule has 1 amide bonds. The molecule has 0 bridgehead atoms. The fraction of sp³-hybridized carbons (Fsp3) is 0.273. The van der Waals surface area contributed by atoms with E-state index in [4.69, 9.17) is 4.52 Å². The number of phenols is 1. The van der Waals surface area contributed by atoms with Gasteiger partial charge in [-0.3, -0.25) is 4.79 Å². The molecular weight excluding hydrogens is 500 g/mol. The van der Waals surface area contributed by atoms with Crippen LogP contribution in [0.4, 0.5) is 0 Å². The van der Waals surface area contributed by atoms with Crippen molar-refractivity contribution in [2.45, 2.75) is 19.3 Å². The fourth-order valence-corrected chi connectivity index (χ4v) is 4.86. The van der Waals surface area contributed by atoms with Crippen molar-refractivity contribution in [3.8, 4) is 17.1 Å². The minimum absolute atomic E-state index is 0.102. The molecule has 0 spiro atoms. The van der Waals surface area contributed by atoms with E-state index in [9.17, 15) is 9.90 Å². The second kappa shape index (κ2) is 8.71. The zero-order valence-corrected chi connectivity index (χ0v) is 18.8. The average Bonchev–Trinajstić information content (AvgIpc) is 3.23. The summed E-state index contributed by atoms with van der Waals surface area (Å²) in [6.07, 6.45) is 3.04. The summed E-state index contributed by atoms with van der Waals surface area (Å²) >= 11 is 6.61. The maximum Gasteiger partial charge on any atom is 0.276 e. The van der Waals surface area contributed by atoms with E-state index in [0.29, 0.717) is 26.3 Å². The Bertz CT molecular complexity index is 989. The number of rotatable bonds is 4. The largest absolute Gasteiger partial charge is 0.506 e. The predicted octanol–water partition coefficient (Wildman–Crippen LogP) is 5.67. The molecule has 0 saturated carbocycles. The number of piperidine rings is 1. The number of hydrogen-bond donors (Lipinski definition) is 1. The maximum absolute atomic E-state index is 12.8. The molecule has 0 radical (unpaired) electrons. The molecule has 1 aliphatic heterocycles. The highest BCUT2D eigenvalue weighted by atomic mass is 79.9. The molecule has 0 aliphatic carbocycles. The number of carbonyl (C=O) groups is 1. The zero-order valence-electron chi connectivity index (χ0n) is 15.6. The summed E-state index contributed by atoms with van der Waals surface area (Å²) in [5, 5.41) is 13.8. The highest BCUT2D eigenvalue weighted by Gasteiger charge is 2.26. The number of aromatic hydroxyl groups is 1. The van der Waals surface area contributed by atoms with Gasteiger partial charge < -0.3 is 14.5 Å². The van der Waals surface area contributed by atoms with Crippen LogP contribution in [0.3, 0.4) is 0 Å². The summed E-state index contributed by atoms with van der Waals surface area (Å²) in [6, 6.07) is 15.6. The number of hydrogen-bond acceptors (Lipinski definition) is 4. The lowest BCUT2D eigenvalue weighted by molar-refractivity contribution is 0.0680. The third-order valence-corrected chi connectivity index (χ3v) is 6.51. The Hall–Kier alpha value is -2.12. The standard InChI is InChI=1S/C22H20Br2N2O3/c23-17-11-16(12-18(24)21(17)27)20-13-19(25-29-20)22(28)26-8-6-15(7-9-26)10-14-4-2-1-3-5-14/h1-5,11-13,15,27H,6-10H2. The van der Waals surface area contributed by atoms with Crippen LogP contribution in [-0.2, 0) is 6.42 Å². The summed E-state index contributed by atoms with van der Waals surface area (Å²) in [7, 11) is 0. The molecule has 1 aromatic heterocycles. The topological polar surface area (TPSA) is 66.6 Å². The van der Waals surface area contributed by atoms with Crippen molar-refractivity contribution in [2.24, 2.45) is 5.92 Å². The molecule has 0 atom stereocenters. The van der Waals surface area contributed by atoms with Crippen LogP contribution in [-0.4, -0.2) is 34.2 Å². The molecule has 29 heavy (non-hydrogen) atoms. The second-order valence-corrected chi connectivity index (χ2v) is 9.00. The molecule has 1 aliphatic rings. The van der Waals surface area contributed by atoms with E-state index in [0.717, 1.165) is 37.9 Å². The Morgan fingerprint density at radius 1 is 1.10 bits per heavy atom. The van der Waals surface area contributed by atoms with Crippen LogP contribution in [0, 0.1) is 5.92 Å². The van der Waals surface area contributed by atoms with Crippen LogP contribution >= 0.6 is 31.9 Å². The SMILES string of the molecule is O=C(c1cc(-c2cc(Br)c(O)c(Br)c2)on1)N1CCC(Cc2ccccc2)CC1. The van der Waals surface area contributed by atoms with Crippen LogP contribution in [0.5, 0.6) is 5.75 Å². The highest BCUT2D eigenvalue weighted by Crippen LogP contribution is 2.37. The van der Waals surface area contributed by atoms with E-state index in [-0.39, 0.29) is 11.7 Å². The molecule has 1 fully saturated rings. The number of nitrogens with zero attached hydrogens (tertiary/aromatic N) is 2. The minimum Gasteiger partial charge on any atom is -0.506 e. The van der Waals surface area contributed by atoms with Crippen molar-refractivity contribution in [1.29, 1.82) is 0 Å². The molecular formula is C22H20Br2N2O3. The summed E-state index contributed by atoms with van der Waals surface area (Å²) < 4.78 is 6.46. The fourth-order valence-electron chi connectivity index (χ4n) is 3.67. The lowest BCUT2D eigenvalue weighted by Gasteiger charge is -2.31. The number of phenolic OH excluding ortho intramolecular Hbond substituents is 1. The molecule has 3 aromatic rings. The Balaban J connectivity index is 1.40. The van der Waals surface area contributed by atoms with Crippen molar-refractivity contribution in [2.75, 3.05) is 13.1 Å². The Morgan fingerprint density at radius 3 is 2.41 bits per heavy atom. The van der Waals surface area contributed by atoms with Crippen LogP contribution in [0.15, 0.2) is 62.0 Å². The molecule has 1 saturated heterocycles. The van der Waals surface area contributed by atoms with Crippen molar-refractivity contribution in [3.63, 3.8) is 0 Å². The average molecular weight is 520 g/mol. The first-order chi connectivity index (χ1) is 14.0. The van der Waals surface area contributed by atoms with Crippen molar-refractivity contribution in [3.05, 3.63) is 68.7 Å². The number of halogens is 2.